The molecule has 3 N–H and O–H groups in total. The van der Waals surface area contributed by atoms with Crippen molar-refractivity contribution in [3.63, 3.8) is 0 Å². The van der Waals surface area contributed by atoms with Crippen LogP contribution in [0.15, 0.2) is 24.3 Å². The molecule has 0 spiro atoms. The highest BCUT2D eigenvalue weighted by molar-refractivity contribution is 5.92. The van der Waals surface area contributed by atoms with Crippen LogP contribution in [0.3, 0.4) is 0 Å². The molecule has 8 nitrogen and oxygen atoms in total. The Bertz CT molecular complexity index is 1010. The summed E-state index contributed by atoms with van der Waals surface area (Å²) in [5, 5.41) is 17.0. The molecule has 2 heterocycles. The predicted molar refractivity (Wildman–Crippen MR) is 180 cm³/mol. The molecule has 0 aromatic rings. The van der Waals surface area contributed by atoms with E-state index in [0.29, 0.717) is 54.2 Å². The maximum atomic E-state index is 12.8. The van der Waals surface area contributed by atoms with E-state index in [1.807, 2.05) is 11.8 Å². The molecule has 2 aliphatic heterocycles. The topological polar surface area (TPSA) is 102 Å². The molecule has 5 unspecified atom stereocenters. The number of likely N-dealkylation sites (tertiary alicyclic amines) is 2. The molecule has 0 radical (unpaired) electrons. The van der Waals surface area contributed by atoms with E-state index in [1.165, 1.54) is 32.1 Å². The molecule has 0 aromatic carbocycles. The van der Waals surface area contributed by atoms with Gasteiger partial charge in [-0.2, -0.15) is 0 Å². The van der Waals surface area contributed by atoms with Crippen LogP contribution in [-0.2, 0) is 14.4 Å². The van der Waals surface area contributed by atoms with Crippen molar-refractivity contribution in [1.29, 1.82) is 0 Å². The number of aliphatic hydroxyl groups is 1. The molecule has 2 saturated carbocycles. The fraction of sp³-hybridized carbons (Fsp3) is 0.811. The average Bonchev–Trinajstić information content (AvgIpc) is 3.03. The van der Waals surface area contributed by atoms with E-state index < -0.39 is 6.23 Å². The molecule has 0 aromatic heterocycles. The maximum absolute atomic E-state index is 12.8. The molecule has 8 heteroatoms. The second kappa shape index (κ2) is 17.7. The zero-order chi connectivity index (χ0) is 32.3. The van der Waals surface area contributed by atoms with Crippen molar-refractivity contribution in [1.82, 2.24) is 20.4 Å². The summed E-state index contributed by atoms with van der Waals surface area (Å²) in [4.78, 5) is 41.8. The van der Waals surface area contributed by atoms with Gasteiger partial charge in [-0.15, -0.1) is 0 Å². The Morgan fingerprint density at radius 2 is 1.18 bits per heavy atom. The molecule has 2 saturated heterocycles. The van der Waals surface area contributed by atoms with Gasteiger partial charge in [-0.25, -0.2) is 0 Å². The first kappa shape index (κ1) is 35.7. The Morgan fingerprint density at radius 3 is 1.62 bits per heavy atom. The number of carbonyl (C=O) groups excluding carboxylic acids is 3. The standard InChI is InChI=1S/C37H62N4O4/c1-26(2)36(44)40-19-15-28(16-20-40)11-13-34(42)38-32-9-5-7-30(24-32)23-31-8-6-10-33(25-31)39-35(43)14-12-29-17-21-41(22-18-29)37(45)27(3)4/h28-33,36,44H,1,3,5-25H2,2,4H3,(H,38,42)(H,39,43). The van der Waals surface area contributed by atoms with Crippen LogP contribution in [0.4, 0.5) is 0 Å². The molecule has 5 atom stereocenters. The highest BCUT2D eigenvalue weighted by Gasteiger charge is 2.30. The quantitative estimate of drug-likeness (QED) is 0.180. The van der Waals surface area contributed by atoms with Crippen molar-refractivity contribution < 1.29 is 19.5 Å². The maximum Gasteiger partial charge on any atom is 0.248 e. The molecule has 4 rings (SSSR count). The number of piperidine rings is 2. The molecule has 4 aliphatic rings. The van der Waals surface area contributed by atoms with Crippen molar-refractivity contribution in [3.05, 3.63) is 24.3 Å². The van der Waals surface area contributed by atoms with E-state index in [2.05, 4.69) is 28.7 Å². The van der Waals surface area contributed by atoms with Crippen LogP contribution in [0.2, 0.25) is 0 Å². The summed E-state index contributed by atoms with van der Waals surface area (Å²) in [6.07, 6.45) is 16.9. The molecule has 3 amide bonds. The minimum Gasteiger partial charge on any atom is -0.374 e. The van der Waals surface area contributed by atoms with Gasteiger partial charge in [0.2, 0.25) is 17.7 Å². The van der Waals surface area contributed by atoms with Gasteiger partial charge in [-0.05, 0) is 114 Å². The van der Waals surface area contributed by atoms with Crippen LogP contribution in [0.1, 0.15) is 123 Å². The Kier molecular flexibility index (Phi) is 14.0. The van der Waals surface area contributed by atoms with Crippen molar-refractivity contribution in [2.45, 2.75) is 141 Å². The minimum atomic E-state index is -0.543. The summed E-state index contributed by atoms with van der Waals surface area (Å²) in [6.45, 7) is 14.6. The van der Waals surface area contributed by atoms with Crippen molar-refractivity contribution >= 4 is 17.7 Å². The van der Waals surface area contributed by atoms with Gasteiger partial charge in [0, 0.05) is 56.7 Å². The number of rotatable bonds is 13. The predicted octanol–water partition coefficient (Wildman–Crippen LogP) is 5.71. The number of hydrogen-bond acceptors (Lipinski definition) is 5. The summed E-state index contributed by atoms with van der Waals surface area (Å²) in [7, 11) is 0. The van der Waals surface area contributed by atoms with Gasteiger partial charge in [0.1, 0.15) is 6.23 Å². The summed E-state index contributed by atoms with van der Waals surface area (Å²) in [6, 6.07) is 0.593. The van der Waals surface area contributed by atoms with Crippen molar-refractivity contribution in [2.24, 2.45) is 23.7 Å². The molecule has 45 heavy (non-hydrogen) atoms. The van der Waals surface area contributed by atoms with E-state index >= 15 is 0 Å². The van der Waals surface area contributed by atoms with E-state index in [-0.39, 0.29) is 17.7 Å². The number of amides is 3. The Hall–Kier alpha value is -2.19. The first-order chi connectivity index (χ1) is 21.6. The van der Waals surface area contributed by atoms with Crippen molar-refractivity contribution in [3.8, 4) is 0 Å². The zero-order valence-electron chi connectivity index (χ0n) is 28.4. The number of carbonyl (C=O) groups is 3. The van der Waals surface area contributed by atoms with E-state index in [1.54, 1.807) is 6.92 Å². The third-order valence-corrected chi connectivity index (χ3v) is 11.2. The first-order valence-corrected chi connectivity index (χ1v) is 18.2. The van der Waals surface area contributed by atoms with E-state index in [0.717, 1.165) is 96.0 Å². The van der Waals surface area contributed by atoms with E-state index in [4.69, 9.17) is 0 Å². The van der Waals surface area contributed by atoms with Gasteiger partial charge in [-0.3, -0.25) is 19.3 Å². The van der Waals surface area contributed by atoms with Gasteiger partial charge in [0.25, 0.3) is 0 Å². The van der Waals surface area contributed by atoms with Crippen LogP contribution in [0.5, 0.6) is 0 Å². The fourth-order valence-electron chi connectivity index (χ4n) is 8.51. The molecular weight excluding hydrogens is 564 g/mol. The molecule has 2 aliphatic carbocycles. The van der Waals surface area contributed by atoms with Gasteiger partial charge in [0.15, 0.2) is 0 Å². The first-order valence-electron chi connectivity index (χ1n) is 18.2. The second-order valence-electron chi connectivity index (χ2n) is 15.1. The number of nitrogens with one attached hydrogen (secondary N) is 2. The van der Waals surface area contributed by atoms with Gasteiger partial charge < -0.3 is 20.6 Å². The SMILES string of the molecule is C=C(C)C(=O)N1CCC(CCC(=O)NC2CCCC(CC3CCCC(NC(=O)CCC4CCN(C(O)C(=C)C)CC4)C3)C2)CC1. The lowest BCUT2D eigenvalue weighted by atomic mass is 9.75. The third-order valence-electron chi connectivity index (χ3n) is 11.2. The van der Waals surface area contributed by atoms with Crippen LogP contribution >= 0.6 is 0 Å². The molecule has 0 bridgehead atoms. The number of hydrogen-bond donors (Lipinski definition) is 3. The number of nitrogens with zero attached hydrogens (tertiary/aromatic N) is 2. The van der Waals surface area contributed by atoms with Gasteiger partial charge >= 0.3 is 0 Å². The van der Waals surface area contributed by atoms with Crippen molar-refractivity contribution in [2.75, 3.05) is 26.2 Å². The molecule has 4 fully saturated rings. The largest absolute Gasteiger partial charge is 0.374 e. The van der Waals surface area contributed by atoms with Crippen LogP contribution in [0.25, 0.3) is 0 Å². The van der Waals surface area contributed by atoms with E-state index in [9.17, 15) is 19.5 Å². The number of aliphatic hydroxyl groups excluding tert-OH is 1. The summed E-state index contributed by atoms with van der Waals surface area (Å²) < 4.78 is 0. The van der Waals surface area contributed by atoms with Gasteiger partial charge in [0.05, 0.1) is 0 Å². The smallest absolute Gasteiger partial charge is 0.248 e. The lowest BCUT2D eigenvalue weighted by Gasteiger charge is -2.36. The highest BCUT2D eigenvalue weighted by Crippen LogP contribution is 2.36. The summed E-state index contributed by atoms with van der Waals surface area (Å²) in [5.41, 5.74) is 1.40. The molecule has 254 valence electrons. The lowest BCUT2D eigenvalue weighted by Crippen LogP contribution is -2.42. The summed E-state index contributed by atoms with van der Waals surface area (Å²) in [5.74, 6) is 2.85. The van der Waals surface area contributed by atoms with Gasteiger partial charge in [-0.1, -0.05) is 38.8 Å². The normalized spacial score (nSPS) is 27.8. The summed E-state index contributed by atoms with van der Waals surface area (Å²) >= 11 is 0. The monoisotopic (exact) mass is 626 g/mol. The van der Waals surface area contributed by atoms with Crippen LogP contribution in [0, 0.1) is 23.7 Å². The fourth-order valence-corrected chi connectivity index (χ4v) is 8.51. The highest BCUT2D eigenvalue weighted by atomic mass is 16.3. The van der Waals surface area contributed by atoms with Crippen LogP contribution < -0.4 is 10.6 Å². The second-order valence-corrected chi connectivity index (χ2v) is 15.1. The minimum absolute atomic E-state index is 0.0617. The Balaban J connectivity index is 1.09. The third kappa shape index (κ3) is 11.5. The molecular formula is C37H62N4O4. The average molecular weight is 627 g/mol. The Labute approximate surface area is 272 Å². The lowest BCUT2D eigenvalue weighted by molar-refractivity contribution is -0.129. The Morgan fingerprint density at radius 1 is 0.711 bits per heavy atom. The zero-order valence-corrected chi connectivity index (χ0v) is 28.4. The van der Waals surface area contributed by atoms with Crippen LogP contribution in [-0.4, -0.2) is 77.1 Å².